The summed E-state index contributed by atoms with van der Waals surface area (Å²) in [7, 11) is 0. The Morgan fingerprint density at radius 1 is 1.21 bits per heavy atom. The van der Waals surface area contributed by atoms with E-state index in [9.17, 15) is 4.79 Å². The second-order valence-electron chi connectivity index (χ2n) is 3.89. The molecule has 5 heteroatoms. The Kier molecular flexibility index (Phi) is 4.39. The van der Waals surface area contributed by atoms with E-state index in [0.717, 1.165) is 5.56 Å². The number of amides is 1. The van der Waals surface area contributed by atoms with E-state index in [1.807, 2.05) is 18.2 Å². The van der Waals surface area contributed by atoms with E-state index in [1.54, 1.807) is 30.3 Å². The SMILES string of the molecule is NNC(=O)c1cccc(COc2ccccc2Cl)c1. The molecule has 2 aromatic rings. The zero-order valence-corrected chi connectivity index (χ0v) is 10.9. The lowest BCUT2D eigenvalue weighted by atomic mass is 10.1. The van der Waals surface area contributed by atoms with Gasteiger partial charge in [0.1, 0.15) is 12.4 Å². The van der Waals surface area contributed by atoms with Gasteiger partial charge in [-0.1, -0.05) is 35.9 Å². The van der Waals surface area contributed by atoms with Gasteiger partial charge >= 0.3 is 0 Å². The molecule has 0 fully saturated rings. The number of rotatable bonds is 4. The minimum Gasteiger partial charge on any atom is -0.487 e. The molecular weight excluding hydrogens is 264 g/mol. The third kappa shape index (κ3) is 3.47. The van der Waals surface area contributed by atoms with Gasteiger partial charge in [0.15, 0.2) is 0 Å². The highest BCUT2D eigenvalue weighted by Crippen LogP contribution is 2.24. The third-order valence-corrected chi connectivity index (χ3v) is 2.86. The van der Waals surface area contributed by atoms with E-state index in [2.05, 4.69) is 5.43 Å². The summed E-state index contributed by atoms with van der Waals surface area (Å²) < 4.78 is 5.60. The van der Waals surface area contributed by atoms with Crippen molar-refractivity contribution in [3.05, 3.63) is 64.7 Å². The van der Waals surface area contributed by atoms with Gasteiger partial charge in [-0.15, -0.1) is 0 Å². The number of hydrazine groups is 1. The third-order valence-electron chi connectivity index (χ3n) is 2.55. The molecule has 0 unspecified atom stereocenters. The first kappa shape index (κ1) is 13.4. The van der Waals surface area contributed by atoms with Crippen LogP contribution in [0.3, 0.4) is 0 Å². The predicted molar refractivity (Wildman–Crippen MR) is 73.9 cm³/mol. The van der Waals surface area contributed by atoms with Gasteiger partial charge in [0, 0.05) is 5.56 Å². The molecule has 0 saturated carbocycles. The summed E-state index contributed by atoms with van der Waals surface area (Å²) in [5, 5.41) is 0.554. The number of nitrogens with two attached hydrogens (primary N) is 1. The van der Waals surface area contributed by atoms with Crippen LogP contribution in [0.1, 0.15) is 15.9 Å². The molecule has 0 saturated heterocycles. The molecule has 4 nitrogen and oxygen atoms in total. The van der Waals surface area contributed by atoms with Crippen LogP contribution in [-0.4, -0.2) is 5.91 Å². The van der Waals surface area contributed by atoms with Gasteiger partial charge in [-0.3, -0.25) is 10.2 Å². The van der Waals surface area contributed by atoms with Crippen LogP contribution in [-0.2, 0) is 6.61 Å². The minimum atomic E-state index is -0.334. The van der Waals surface area contributed by atoms with Crippen molar-refractivity contribution in [1.82, 2.24) is 5.43 Å². The van der Waals surface area contributed by atoms with Gasteiger partial charge in [0.2, 0.25) is 0 Å². The Labute approximate surface area is 116 Å². The quantitative estimate of drug-likeness (QED) is 0.512. The van der Waals surface area contributed by atoms with Crippen molar-refractivity contribution in [2.24, 2.45) is 5.84 Å². The Bertz CT molecular complexity index is 587. The molecule has 19 heavy (non-hydrogen) atoms. The van der Waals surface area contributed by atoms with Crippen molar-refractivity contribution < 1.29 is 9.53 Å². The molecule has 2 aromatic carbocycles. The average Bonchev–Trinajstić information content (AvgIpc) is 2.46. The van der Waals surface area contributed by atoms with Gasteiger partial charge in [-0.25, -0.2) is 5.84 Å². The zero-order chi connectivity index (χ0) is 13.7. The molecule has 0 aliphatic carbocycles. The number of hydrogen-bond donors (Lipinski definition) is 2. The Hall–Kier alpha value is -2.04. The first-order valence-corrected chi connectivity index (χ1v) is 6.05. The van der Waals surface area contributed by atoms with Crippen molar-refractivity contribution in [2.45, 2.75) is 6.61 Å². The van der Waals surface area contributed by atoms with Crippen molar-refractivity contribution in [3.63, 3.8) is 0 Å². The molecule has 2 rings (SSSR count). The minimum absolute atomic E-state index is 0.329. The van der Waals surface area contributed by atoms with Gasteiger partial charge in [-0.05, 0) is 29.8 Å². The second kappa shape index (κ2) is 6.22. The maximum Gasteiger partial charge on any atom is 0.265 e. The zero-order valence-electron chi connectivity index (χ0n) is 10.1. The first-order valence-electron chi connectivity index (χ1n) is 5.68. The van der Waals surface area contributed by atoms with Gasteiger partial charge in [-0.2, -0.15) is 0 Å². The highest BCUT2D eigenvalue weighted by Gasteiger charge is 2.05. The van der Waals surface area contributed by atoms with Crippen molar-refractivity contribution in [3.8, 4) is 5.75 Å². The predicted octanol–water partition coefficient (Wildman–Crippen LogP) is 2.52. The Morgan fingerprint density at radius 3 is 2.74 bits per heavy atom. The monoisotopic (exact) mass is 276 g/mol. The summed E-state index contributed by atoms with van der Waals surface area (Å²) in [6.07, 6.45) is 0. The van der Waals surface area contributed by atoms with Crippen LogP contribution in [0, 0.1) is 0 Å². The van der Waals surface area contributed by atoms with Crippen LogP contribution in [0.15, 0.2) is 48.5 Å². The summed E-state index contributed by atoms with van der Waals surface area (Å²) in [5.41, 5.74) is 3.44. The number of halogens is 1. The van der Waals surface area contributed by atoms with Crippen LogP contribution in [0.4, 0.5) is 0 Å². The highest BCUT2D eigenvalue weighted by atomic mass is 35.5. The normalized spacial score (nSPS) is 10.0. The average molecular weight is 277 g/mol. The largest absolute Gasteiger partial charge is 0.487 e. The number of nitrogens with one attached hydrogen (secondary N) is 1. The molecule has 0 atom stereocenters. The smallest absolute Gasteiger partial charge is 0.265 e. The Balaban J connectivity index is 2.08. The molecule has 0 heterocycles. The number of nitrogen functional groups attached to an aromatic ring is 1. The van der Waals surface area contributed by atoms with Gasteiger partial charge in [0.25, 0.3) is 5.91 Å². The van der Waals surface area contributed by atoms with Crippen LogP contribution in [0.5, 0.6) is 5.75 Å². The Morgan fingerprint density at radius 2 is 2.00 bits per heavy atom. The molecular formula is C14H13ClN2O2. The number of carbonyl (C=O) groups excluding carboxylic acids is 1. The summed E-state index contributed by atoms with van der Waals surface area (Å²) >= 11 is 5.99. The van der Waals surface area contributed by atoms with Crippen LogP contribution >= 0.6 is 11.6 Å². The molecule has 0 aliphatic heterocycles. The van der Waals surface area contributed by atoms with Gasteiger partial charge in [0.05, 0.1) is 5.02 Å². The summed E-state index contributed by atoms with van der Waals surface area (Å²) in [4.78, 5) is 11.4. The summed E-state index contributed by atoms with van der Waals surface area (Å²) in [5.74, 6) is 5.37. The van der Waals surface area contributed by atoms with Gasteiger partial charge < -0.3 is 4.74 Å². The fourth-order valence-electron chi connectivity index (χ4n) is 1.61. The fourth-order valence-corrected chi connectivity index (χ4v) is 1.80. The summed E-state index contributed by atoms with van der Waals surface area (Å²) in [6, 6.07) is 14.3. The van der Waals surface area contributed by atoms with Crippen LogP contribution < -0.4 is 16.0 Å². The number of benzene rings is 2. The maximum absolute atomic E-state index is 11.4. The van der Waals surface area contributed by atoms with E-state index in [4.69, 9.17) is 22.2 Å². The molecule has 0 spiro atoms. The number of hydrogen-bond acceptors (Lipinski definition) is 3. The lowest BCUT2D eigenvalue weighted by Gasteiger charge is -2.08. The molecule has 0 aromatic heterocycles. The molecule has 0 aliphatic rings. The number of ether oxygens (including phenoxy) is 1. The number of carbonyl (C=O) groups is 1. The molecule has 0 radical (unpaired) electrons. The summed E-state index contributed by atoms with van der Waals surface area (Å²) in [6.45, 7) is 0.329. The van der Waals surface area contributed by atoms with Crippen molar-refractivity contribution >= 4 is 17.5 Å². The topological polar surface area (TPSA) is 64.3 Å². The highest BCUT2D eigenvalue weighted by molar-refractivity contribution is 6.32. The van der Waals surface area contributed by atoms with Crippen molar-refractivity contribution in [2.75, 3.05) is 0 Å². The van der Waals surface area contributed by atoms with E-state index in [0.29, 0.717) is 22.9 Å². The first-order chi connectivity index (χ1) is 9.20. The van der Waals surface area contributed by atoms with Crippen LogP contribution in [0.2, 0.25) is 5.02 Å². The van der Waals surface area contributed by atoms with Crippen molar-refractivity contribution in [1.29, 1.82) is 0 Å². The second-order valence-corrected chi connectivity index (χ2v) is 4.30. The van der Waals surface area contributed by atoms with E-state index < -0.39 is 0 Å². The van der Waals surface area contributed by atoms with E-state index >= 15 is 0 Å². The van der Waals surface area contributed by atoms with E-state index in [-0.39, 0.29) is 5.91 Å². The lowest BCUT2D eigenvalue weighted by molar-refractivity contribution is 0.0953. The molecule has 1 amide bonds. The lowest BCUT2D eigenvalue weighted by Crippen LogP contribution is -2.30. The molecule has 3 N–H and O–H groups in total. The molecule has 98 valence electrons. The fraction of sp³-hybridized carbons (Fsp3) is 0.0714. The number of para-hydroxylation sites is 1. The standard InChI is InChI=1S/C14H13ClN2O2/c15-12-6-1-2-7-13(12)19-9-10-4-3-5-11(8-10)14(18)17-16/h1-8H,9,16H2,(H,17,18). The maximum atomic E-state index is 11.4. The van der Waals surface area contributed by atoms with E-state index in [1.165, 1.54) is 0 Å². The molecule has 0 bridgehead atoms. The van der Waals surface area contributed by atoms with Crippen LogP contribution in [0.25, 0.3) is 0 Å².